The number of nitrogens with zero attached hydrogens (tertiary/aromatic N) is 1. The average molecular weight is 790 g/mol. The number of piperidine rings is 1. The molecule has 3 heterocycles. The molecule has 12 nitrogen and oxygen atoms in total. The molecule has 4 rings (SSSR count). The van der Waals surface area contributed by atoms with Crippen LogP contribution in [0.5, 0.6) is 0 Å². The van der Waals surface area contributed by atoms with Crippen LogP contribution in [0.15, 0.2) is 23.3 Å². The smallest absolute Gasteiger partial charge is 0.296 e. The molecule has 1 saturated carbocycles. The number of carbonyl (C=O) groups excluding carboxylic acids is 4. The second-order valence-corrected chi connectivity index (χ2v) is 17.6. The molecule has 3 fully saturated rings. The summed E-state index contributed by atoms with van der Waals surface area (Å²) >= 11 is 0. The molecule has 2 saturated heterocycles. The van der Waals surface area contributed by atoms with Gasteiger partial charge in [0.05, 0.1) is 36.6 Å². The summed E-state index contributed by atoms with van der Waals surface area (Å²) in [7, 11) is 4.68. The third-order valence-corrected chi connectivity index (χ3v) is 13.5. The Morgan fingerprint density at radius 1 is 0.875 bits per heavy atom. The maximum absolute atomic E-state index is 14.5. The zero-order chi connectivity index (χ0) is 41.5. The Labute approximate surface area is 334 Å². The molecule has 0 aromatic rings. The number of aliphatic hydroxyl groups excluding tert-OH is 2. The van der Waals surface area contributed by atoms with E-state index < -0.39 is 77.7 Å². The van der Waals surface area contributed by atoms with Gasteiger partial charge in [0.1, 0.15) is 11.9 Å². The summed E-state index contributed by atoms with van der Waals surface area (Å²) in [6.07, 6.45) is 5.68. The first-order chi connectivity index (χ1) is 26.5. The van der Waals surface area contributed by atoms with E-state index in [1.54, 1.807) is 28.3 Å². The maximum atomic E-state index is 14.5. The van der Waals surface area contributed by atoms with E-state index in [9.17, 15) is 34.5 Å². The Balaban J connectivity index is 1.76. The van der Waals surface area contributed by atoms with E-state index in [2.05, 4.69) is 13.0 Å². The number of carbonyl (C=O) groups is 4. The third kappa shape index (κ3) is 10.8. The molecule has 0 aromatic carbocycles. The Morgan fingerprint density at radius 2 is 1.54 bits per heavy atom. The van der Waals surface area contributed by atoms with Gasteiger partial charge >= 0.3 is 0 Å². The molecule has 3 aliphatic heterocycles. The number of fused-ring (bicyclic) bond motifs is 3. The number of hydrogen-bond donors (Lipinski definition) is 3. The number of methoxy groups -OCH3 is 3. The minimum absolute atomic E-state index is 0.0151. The summed E-state index contributed by atoms with van der Waals surface area (Å²) in [5.41, 5.74) is 1.91. The van der Waals surface area contributed by atoms with Gasteiger partial charge in [-0.1, -0.05) is 51.0 Å². The Kier molecular flexibility index (Phi) is 17.0. The number of amides is 1. The van der Waals surface area contributed by atoms with Crippen LogP contribution in [0.25, 0.3) is 0 Å². The lowest BCUT2D eigenvalue weighted by atomic mass is 9.75. The van der Waals surface area contributed by atoms with Crippen molar-refractivity contribution < 1.29 is 53.4 Å². The maximum Gasteiger partial charge on any atom is 0.296 e. The van der Waals surface area contributed by atoms with E-state index in [-0.39, 0.29) is 55.3 Å². The van der Waals surface area contributed by atoms with Crippen LogP contribution in [-0.2, 0) is 38.1 Å². The van der Waals surface area contributed by atoms with E-state index in [0.717, 1.165) is 17.6 Å². The molecule has 1 aliphatic carbocycles. The normalized spacial score (nSPS) is 41.7. The fraction of sp³-hybridized carbons (Fsp3) is 0.818. The zero-order valence-corrected chi connectivity index (χ0v) is 35.4. The van der Waals surface area contributed by atoms with Crippen LogP contribution in [0.1, 0.15) is 119 Å². The highest BCUT2D eigenvalue weighted by molar-refractivity contribution is 6.39. The van der Waals surface area contributed by atoms with Gasteiger partial charge in [0.2, 0.25) is 5.79 Å². The van der Waals surface area contributed by atoms with Gasteiger partial charge in [-0.05, 0) is 102 Å². The van der Waals surface area contributed by atoms with E-state index in [1.165, 1.54) is 4.90 Å². The lowest BCUT2D eigenvalue weighted by Gasteiger charge is -2.47. The molecule has 318 valence electrons. The van der Waals surface area contributed by atoms with Crippen LogP contribution in [-0.4, -0.2) is 120 Å². The Bertz CT molecular complexity index is 1430. The molecular weight excluding hydrogens is 718 g/mol. The first-order valence-corrected chi connectivity index (χ1v) is 21.1. The lowest BCUT2D eigenvalue weighted by Crippen LogP contribution is -2.64. The number of hydrogen-bond acceptors (Lipinski definition) is 11. The number of allylic oxidation sites excluding steroid dienone is 4. The molecule has 1 amide bonds. The third-order valence-electron chi connectivity index (χ3n) is 13.5. The summed E-state index contributed by atoms with van der Waals surface area (Å²) in [6, 6.07) is -0.909. The van der Waals surface area contributed by atoms with Crippen LogP contribution in [0.4, 0.5) is 0 Å². The fourth-order valence-corrected chi connectivity index (χ4v) is 9.87. The first kappa shape index (κ1) is 46.4. The van der Waals surface area contributed by atoms with Crippen molar-refractivity contribution in [2.24, 2.45) is 35.5 Å². The van der Waals surface area contributed by atoms with Gasteiger partial charge in [0.15, 0.2) is 5.78 Å². The molecule has 2 bridgehead atoms. The van der Waals surface area contributed by atoms with Gasteiger partial charge in [-0.2, -0.15) is 0 Å². The van der Waals surface area contributed by atoms with Crippen molar-refractivity contribution in [2.45, 2.75) is 167 Å². The molecule has 56 heavy (non-hydrogen) atoms. The quantitative estimate of drug-likeness (QED) is 0.241. The van der Waals surface area contributed by atoms with Crippen LogP contribution in [0.3, 0.4) is 0 Å². The largest absolute Gasteiger partial charge is 0.392 e. The van der Waals surface area contributed by atoms with E-state index in [4.69, 9.17) is 18.9 Å². The first-order valence-electron chi connectivity index (χ1n) is 21.1. The monoisotopic (exact) mass is 790 g/mol. The lowest BCUT2D eigenvalue weighted by molar-refractivity contribution is -0.302. The van der Waals surface area contributed by atoms with Gasteiger partial charge < -0.3 is 39.2 Å². The minimum Gasteiger partial charge on any atom is -0.392 e. The molecular formula is C44H71NO11. The van der Waals surface area contributed by atoms with Gasteiger partial charge in [-0.3, -0.25) is 19.2 Å². The Hall–Kier alpha value is -2.32. The predicted octanol–water partition coefficient (Wildman–Crippen LogP) is 5.14. The van der Waals surface area contributed by atoms with Crippen molar-refractivity contribution in [3.63, 3.8) is 0 Å². The SMILES string of the molecule is CC[C@@H]1/C=C(\C)C[C@H](C)C[C@H](OC)[C@H]2O[C@@](O)(C(=O)C(=O)N3CCCC[C@H]3C(=O)CC(/C(C)=C/[C@@H]3CC[C@@H](O)[C@H](OC)C3)[C@H](C)[C@@H](O)CC1=O)[C@H](C)C[C@@H]2OC. The molecule has 0 aromatic heterocycles. The molecule has 0 spiro atoms. The highest BCUT2D eigenvalue weighted by atomic mass is 16.7. The van der Waals surface area contributed by atoms with E-state index in [0.29, 0.717) is 51.4 Å². The summed E-state index contributed by atoms with van der Waals surface area (Å²) in [5, 5.41) is 34.2. The highest BCUT2D eigenvalue weighted by Crippen LogP contribution is 2.40. The number of Topliss-reactive ketones (excluding diaryl/α,β-unsaturated/α-hetero) is 3. The van der Waals surface area contributed by atoms with Crippen LogP contribution < -0.4 is 0 Å². The number of rotatable bonds is 6. The van der Waals surface area contributed by atoms with Crippen molar-refractivity contribution in [1.29, 1.82) is 0 Å². The van der Waals surface area contributed by atoms with Gasteiger partial charge in [0, 0.05) is 52.6 Å². The summed E-state index contributed by atoms with van der Waals surface area (Å²) in [4.78, 5) is 58.1. The van der Waals surface area contributed by atoms with Crippen molar-refractivity contribution >= 4 is 23.3 Å². The van der Waals surface area contributed by atoms with Gasteiger partial charge in [-0.25, -0.2) is 0 Å². The number of ketones is 3. The molecule has 14 atom stereocenters. The molecule has 3 N–H and O–H groups in total. The topological polar surface area (TPSA) is 169 Å². The van der Waals surface area contributed by atoms with Crippen LogP contribution in [0.2, 0.25) is 0 Å². The van der Waals surface area contributed by atoms with Crippen molar-refractivity contribution in [2.75, 3.05) is 27.9 Å². The second kappa shape index (κ2) is 20.6. The van der Waals surface area contributed by atoms with Gasteiger partial charge in [0.25, 0.3) is 11.7 Å². The molecule has 1 unspecified atom stereocenters. The number of ether oxygens (including phenoxy) is 4. The number of aliphatic hydroxyl groups is 3. The average Bonchev–Trinajstić information content (AvgIpc) is 3.18. The minimum atomic E-state index is -2.46. The van der Waals surface area contributed by atoms with Gasteiger partial charge in [-0.15, -0.1) is 0 Å². The Morgan fingerprint density at radius 3 is 2.18 bits per heavy atom. The zero-order valence-electron chi connectivity index (χ0n) is 35.4. The standard InChI is InChI=1S/C44H71NO11/c1-10-31-18-25(2)17-26(3)19-39(54-8)41-40(55-9)21-28(5)44(52,56-41)42(50)43(51)45-16-12-11-13-33(45)37(49)23-32(29(6)35(47)24-36(31)48)27(4)20-30-14-15-34(46)38(22-30)53-7/h18,20,26,28-35,38-41,46-47,52H,10-17,19,21-24H2,1-9H3/b25-18+,27-20+/t26-,28+,29-,30-,31+,32?,33-,34+,35-,38+,39-,40-,41+,44+/m0/s1. The van der Waals surface area contributed by atoms with E-state index in [1.807, 2.05) is 33.8 Å². The molecule has 0 radical (unpaired) electrons. The van der Waals surface area contributed by atoms with Crippen molar-refractivity contribution in [3.8, 4) is 0 Å². The summed E-state index contributed by atoms with van der Waals surface area (Å²) in [5.74, 6) is -6.84. The fourth-order valence-electron chi connectivity index (χ4n) is 9.87. The van der Waals surface area contributed by atoms with Crippen molar-refractivity contribution in [1.82, 2.24) is 4.90 Å². The van der Waals surface area contributed by atoms with E-state index >= 15 is 0 Å². The predicted molar refractivity (Wildman–Crippen MR) is 211 cm³/mol. The highest BCUT2D eigenvalue weighted by Gasteiger charge is 2.56. The van der Waals surface area contributed by atoms with Crippen LogP contribution in [0, 0.1) is 35.5 Å². The van der Waals surface area contributed by atoms with Crippen LogP contribution >= 0.6 is 0 Å². The molecule has 12 heteroatoms. The second-order valence-electron chi connectivity index (χ2n) is 17.6. The summed E-state index contributed by atoms with van der Waals surface area (Å²) in [6.45, 7) is 11.7. The van der Waals surface area contributed by atoms with Crippen molar-refractivity contribution in [3.05, 3.63) is 23.3 Å². The summed E-state index contributed by atoms with van der Waals surface area (Å²) < 4.78 is 23.6. The molecule has 4 aliphatic rings.